The van der Waals surface area contributed by atoms with E-state index >= 15 is 0 Å². The Morgan fingerprint density at radius 1 is 1.00 bits per heavy atom. The summed E-state index contributed by atoms with van der Waals surface area (Å²) in [6.45, 7) is 4.03. The third-order valence-corrected chi connectivity index (χ3v) is 2.81. The van der Waals surface area contributed by atoms with E-state index < -0.39 is 5.60 Å². The fourth-order valence-electron chi connectivity index (χ4n) is 1.82. The molecule has 90 valence electrons. The van der Waals surface area contributed by atoms with E-state index in [0.717, 1.165) is 5.56 Å². The third-order valence-electron chi connectivity index (χ3n) is 2.81. The van der Waals surface area contributed by atoms with Gasteiger partial charge in [-0.25, -0.2) is 0 Å². The number of nitrogens with zero attached hydrogens (tertiary/aromatic N) is 1. The van der Waals surface area contributed by atoms with Crippen LogP contribution in [0.1, 0.15) is 25.0 Å². The molecule has 0 spiro atoms. The van der Waals surface area contributed by atoms with Crippen molar-refractivity contribution in [2.24, 2.45) is 0 Å². The highest BCUT2D eigenvalue weighted by atomic mass is 16.5. The zero-order chi connectivity index (χ0) is 13.0. The Kier molecular flexibility index (Phi) is 3.34. The van der Waals surface area contributed by atoms with Gasteiger partial charge in [0.25, 0.3) is 0 Å². The Morgan fingerprint density at radius 3 is 2.39 bits per heavy atom. The molecule has 0 heterocycles. The summed E-state index contributed by atoms with van der Waals surface area (Å²) in [6.07, 6.45) is 0. The Balaban J connectivity index is 2.25. The van der Waals surface area contributed by atoms with Crippen LogP contribution in [0.3, 0.4) is 0 Å². The maximum absolute atomic E-state index is 8.87. The van der Waals surface area contributed by atoms with E-state index in [1.54, 1.807) is 12.1 Å². The lowest BCUT2D eigenvalue weighted by Gasteiger charge is -2.27. The summed E-state index contributed by atoms with van der Waals surface area (Å²) in [7, 11) is 0. The van der Waals surface area contributed by atoms with Gasteiger partial charge in [0.2, 0.25) is 0 Å². The fourth-order valence-corrected chi connectivity index (χ4v) is 1.82. The lowest BCUT2D eigenvalue weighted by molar-refractivity contribution is 0.109. The Hall–Kier alpha value is -2.27. The summed E-state index contributed by atoms with van der Waals surface area (Å²) in [5.74, 6) is 0.711. The fraction of sp³-hybridized carbons (Fsp3) is 0.188. The molecule has 0 aliphatic rings. The molecule has 0 fully saturated rings. The van der Waals surface area contributed by atoms with Crippen LogP contribution < -0.4 is 4.74 Å². The summed E-state index contributed by atoms with van der Waals surface area (Å²) in [6, 6.07) is 19.4. The first-order valence-electron chi connectivity index (χ1n) is 5.86. The van der Waals surface area contributed by atoms with Crippen molar-refractivity contribution >= 4 is 0 Å². The summed E-state index contributed by atoms with van der Waals surface area (Å²) in [4.78, 5) is 0. The second kappa shape index (κ2) is 4.93. The van der Waals surface area contributed by atoms with Crippen LogP contribution >= 0.6 is 0 Å². The Bertz CT molecular complexity index is 567. The van der Waals surface area contributed by atoms with E-state index in [2.05, 4.69) is 6.07 Å². The molecule has 0 saturated heterocycles. The Morgan fingerprint density at radius 2 is 1.72 bits per heavy atom. The van der Waals surface area contributed by atoms with E-state index in [1.807, 2.05) is 56.3 Å². The molecule has 0 aromatic heterocycles. The number of hydrogen-bond acceptors (Lipinski definition) is 2. The molecular weight excluding hydrogens is 222 g/mol. The van der Waals surface area contributed by atoms with E-state index in [0.29, 0.717) is 11.3 Å². The first-order valence-corrected chi connectivity index (χ1v) is 5.86. The largest absolute Gasteiger partial charge is 0.483 e. The summed E-state index contributed by atoms with van der Waals surface area (Å²) in [5.41, 5.74) is 1.29. The highest BCUT2D eigenvalue weighted by molar-refractivity contribution is 5.37. The topological polar surface area (TPSA) is 33.0 Å². The maximum atomic E-state index is 8.87. The van der Waals surface area contributed by atoms with Crippen LogP contribution in [0, 0.1) is 11.3 Å². The number of hydrogen-bond donors (Lipinski definition) is 0. The molecule has 0 saturated carbocycles. The molecule has 2 rings (SSSR count). The van der Waals surface area contributed by atoms with Crippen LogP contribution in [0.5, 0.6) is 5.75 Å². The lowest BCUT2D eigenvalue weighted by Crippen LogP contribution is -2.25. The normalized spacial score (nSPS) is 10.7. The predicted octanol–water partition coefficient (Wildman–Crippen LogP) is 3.87. The van der Waals surface area contributed by atoms with Crippen molar-refractivity contribution in [1.29, 1.82) is 5.26 Å². The minimum Gasteiger partial charge on any atom is -0.483 e. The second-order valence-corrected chi connectivity index (χ2v) is 4.62. The van der Waals surface area contributed by atoms with Crippen LogP contribution in [-0.4, -0.2) is 0 Å². The molecule has 0 radical (unpaired) electrons. The molecule has 18 heavy (non-hydrogen) atoms. The van der Waals surface area contributed by atoms with Crippen molar-refractivity contribution in [2.45, 2.75) is 19.4 Å². The van der Waals surface area contributed by atoms with Gasteiger partial charge in [0, 0.05) is 0 Å². The van der Waals surface area contributed by atoms with Crippen molar-refractivity contribution in [3.8, 4) is 11.8 Å². The van der Waals surface area contributed by atoms with Crippen LogP contribution in [0.2, 0.25) is 0 Å². The van der Waals surface area contributed by atoms with Gasteiger partial charge in [-0.2, -0.15) is 5.26 Å². The molecule has 0 aliphatic carbocycles. The molecule has 0 unspecified atom stereocenters. The van der Waals surface area contributed by atoms with Gasteiger partial charge in [-0.15, -0.1) is 0 Å². The summed E-state index contributed by atoms with van der Waals surface area (Å²) < 4.78 is 5.98. The SMILES string of the molecule is CC(C)(Oc1cccc(C#N)c1)c1ccccc1. The van der Waals surface area contributed by atoms with Gasteiger partial charge < -0.3 is 4.74 Å². The third kappa shape index (κ3) is 2.70. The zero-order valence-corrected chi connectivity index (χ0v) is 10.6. The monoisotopic (exact) mass is 237 g/mol. The van der Waals surface area contributed by atoms with Gasteiger partial charge in [0.1, 0.15) is 11.4 Å². The predicted molar refractivity (Wildman–Crippen MR) is 71.3 cm³/mol. The van der Waals surface area contributed by atoms with Gasteiger partial charge in [0.15, 0.2) is 0 Å². The molecule has 2 aromatic carbocycles. The molecule has 0 amide bonds. The van der Waals surface area contributed by atoms with Gasteiger partial charge in [-0.1, -0.05) is 36.4 Å². The van der Waals surface area contributed by atoms with Gasteiger partial charge >= 0.3 is 0 Å². The first-order chi connectivity index (χ1) is 8.62. The average Bonchev–Trinajstić information content (AvgIpc) is 2.39. The van der Waals surface area contributed by atoms with Crippen molar-refractivity contribution in [1.82, 2.24) is 0 Å². The maximum Gasteiger partial charge on any atom is 0.128 e. The zero-order valence-electron chi connectivity index (χ0n) is 10.6. The molecule has 0 N–H and O–H groups in total. The van der Waals surface area contributed by atoms with Crippen LogP contribution in [0.4, 0.5) is 0 Å². The number of nitriles is 1. The van der Waals surface area contributed by atoms with Gasteiger partial charge in [-0.3, -0.25) is 0 Å². The highest BCUT2D eigenvalue weighted by Gasteiger charge is 2.22. The lowest BCUT2D eigenvalue weighted by atomic mass is 9.98. The standard InChI is InChI=1S/C16H15NO/c1-16(2,14-8-4-3-5-9-14)18-15-10-6-7-13(11-15)12-17/h3-11H,1-2H3. The highest BCUT2D eigenvalue weighted by Crippen LogP contribution is 2.27. The van der Waals surface area contributed by atoms with Crippen molar-refractivity contribution in [2.75, 3.05) is 0 Å². The van der Waals surface area contributed by atoms with Crippen LogP contribution in [0.25, 0.3) is 0 Å². The molecule has 2 aromatic rings. The smallest absolute Gasteiger partial charge is 0.128 e. The molecule has 0 atom stereocenters. The van der Waals surface area contributed by atoms with Crippen LogP contribution in [0.15, 0.2) is 54.6 Å². The molecule has 0 aliphatic heterocycles. The molecular formula is C16H15NO. The quantitative estimate of drug-likeness (QED) is 0.811. The average molecular weight is 237 g/mol. The van der Waals surface area contributed by atoms with Crippen molar-refractivity contribution in [3.05, 3.63) is 65.7 Å². The number of rotatable bonds is 3. The van der Waals surface area contributed by atoms with Crippen molar-refractivity contribution < 1.29 is 4.74 Å². The van der Waals surface area contributed by atoms with E-state index in [1.165, 1.54) is 0 Å². The molecule has 2 heteroatoms. The van der Waals surface area contributed by atoms with E-state index in [-0.39, 0.29) is 0 Å². The molecule has 2 nitrogen and oxygen atoms in total. The van der Waals surface area contributed by atoms with Gasteiger partial charge in [-0.05, 0) is 37.6 Å². The summed E-state index contributed by atoms with van der Waals surface area (Å²) >= 11 is 0. The van der Waals surface area contributed by atoms with Gasteiger partial charge in [0.05, 0.1) is 11.6 Å². The van der Waals surface area contributed by atoms with Crippen LogP contribution in [-0.2, 0) is 5.60 Å². The second-order valence-electron chi connectivity index (χ2n) is 4.62. The Labute approximate surface area is 107 Å². The minimum absolute atomic E-state index is 0.421. The number of ether oxygens (including phenoxy) is 1. The number of benzene rings is 2. The summed E-state index contributed by atoms with van der Waals surface area (Å²) in [5, 5.41) is 8.87. The molecule has 0 bridgehead atoms. The van der Waals surface area contributed by atoms with E-state index in [9.17, 15) is 0 Å². The van der Waals surface area contributed by atoms with E-state index in [4.69, 9.17) is 10.00 Å². The van der Waals surface area contributed by atoms with Crippen molar-refractivity contribution in [3.63, 3.8) is 0 Å². The minimum atomic E-state index is -0.421. The first kappa shape index (κ1) is 12.2.